The van der Waals surface area contributed by atoms with Crippen molar-refractivity contribution in [3.05, 3.63) is 65.7 Å². The van der Waals surface area contributed by atoms with Crippen molar-refractivity contribution in [3.8, 4) is 5.75 Å². The first-order valence-electron chi connectivity index (χ1n) is 10.0. The van der Waals surface area contributed by atoms with Gasteiger partial charge in [0.15, 0.2) is 0 Å². The molecule has 0 bridgehead atoms. The third kappa shape index (κ3) is 9.59. The van der Waals surface area contributed by atoms with Crippen LogP contribution in [0.15, 0.2) is 54.6 Å². The minimum Gasteiger partial charge on any atom is -0.480 e. The fourth-order valence-corrected chi connectivity index (χ4v) is 2.62. The van der Waals surface area contributed by atoms with Crippen LogP contribution < -0.4 is 10.1 Å². The summed E-state index contributed by atoms with van der Waals surface area (Å²) in [7, 11) is 1.56. The molecule has 0 heterocycles. The van der Waals surface area contributed by atoms with Crippen molar-refractivity contribution in [2.45, 2.75) is 25.5 Å². The number of aliphatic carboxylic acids is 1. The van der Waals surface area contributed by atoms with Gasteiger partial charge in [0.1, 0.15) is 18.4 Å². The Labute approximate surface area is 186 Å². The van der Waals surface area contributed by atoms with E-state index in [4.69, 9.17) is 18.9 Å². The topological polar surface area (TPSA) is 120 Å². The van der Waals surface area contributed by atoms with Crippen molar-refractivity contribution >= 4 is 18.0 Å². The largest absolute Gasteiger partial charge is 0.480 e. The molecule has 1 atom stereocenters. The van der Waals surface area contributed by atoms with Gasteiger partial charge in [0.05, 0.1) is 26.2 Å². The summed E-state index contributed by atoms with van der Waals surface area (Å²) < 4.78 is 20.3. The van der Waals surface area contributed by atoms with E-state index in [0.717, 1.165) is 5.56 Å². The lowest BCUT2D eigenvalue weighted by Gasteiger charge is -2.15. The molecule has 0 radical (unpaired) electrons. The van der Waals surface area contributed by atoms with Gasteiger partial charge in [-0.05, 0) is 23.3 Å². The molecule has 0 aromatic heterocycles. The van der Waals surface area contributed by atoms with Crippen LogP contribution in [-0.4, -0.2) is 56.1 Å². The number of hydrogen-bond acceptors (Lipinski definition) is 7. The Morgan fingerprint density at radius 1 is 0.938 bits per heavy atom. The van der Waals surface area contributed by atoms with Gasteiger partial charge < -0.3 is 29.4 Å². The minimum absolute atomic E-state index is 0.0382. The summed E-state index contributed by atoms with van der Waals surface area (Å²) >= 11 is 0. The van der Waals surface area contributed by atoms with Crippen LogP contribution in [-0.2, 0) is 36.8 Å². The zero-order valence-corrected chi connectivity index (χ0v) is 17.8. The summed E-state index contributed by atoms with van der Waals surface area (Å²) in [5, 5.41) is 11.8. The number of hydrogen-bond donors (Lipinski definition) is 2. The van der Waals surface area contributed by atoms with E-state index in [9.17, 15) is 19.5 Å². The van der Waals surface area contributed by atoms with E-state index in [0.29, 0.717) is 24.5 Å². The second-order valence-electron chi connectivity index (χ2n) is 6.77. The predicted molar refractivity (Wildman–Crippen MR) is 114 cm³/mol. The smallest absolute Gasteiger partial charge is 0.408 e. The molecular weight excluding hydrogens is 418 g/mol. The molecule has 1 amide bonds. The maximum absolute atomic E-state index is 12.0. The normalized spacial score (nSPS) is 11.4. The molecule has 0 saturated heterocycles. The van der Waals surface area contributed by atoms with E-state index in [1.807, 2.05) is 18.2 Å². The van der Waals surface area contributed by atoms with Crippen LogP contribution in [0.3, 0.4) is 0 Å². The van der Waals surface area contributed by atoms with Gasteiger partial charge in [0.25, 0.3) is 0 Å². The SMILES string of the molecule is COCCOCCC(=O)Oc1ccc(C[C@H](NC(=O)OCc2ccccc2)C(=O)O)cc1. The van der Waals surface area contributed by atoms with Gasteiger partial charge in [-0.2, -0.15) is 0 Å². The minimum atomic E-state index is -1.19. The molecule has 2 aromatic carbocycles. The second-order valence-corrected chi connectivity index (χ2v) is 6.77. The highest BCUT2D eigenvalue weighted by molar-refractivity contribution is 5.80. The fourth-order valence-electron chi connectivity index (χ4n) is 2.62. The lowest BCUT2D eigenvalue weighted by Crippen LogP contribution is -2.42. The molecule has 0 saturated carbocycles. The monoisotopic (exact) mass is 445 g/mol. The lowest BCUT2D eigenvalue weighted by atomic mass is 10.1. The molecule has 0 spiro atoms. The van der Waals surface area contributed by atoms with E-state index in [1.165, 1.54) is 0 Å². The van der Waals surface area contributed by atoms with Gasteiger partial charge in [-0.1, -0.05) is 42.5 Å². The van der Waals surface area contributed by atoms with Crippen LogP contribution >= 0.6 is 0 Å². The van der Waals surface area contributed by atoms with Gasteiger partial charge in [-0.3, -0.25) is 4.79 Å². The quantitative estimate of drug-likeness (QED) is 0.274. The first kappa shape index (κ1) is 24.8. The first-order chi connectivity index (χ1) is 15.5. The zero-order chi connectivity index (χ0) is 23.2. The Hall–Kier alpha value is -3.43. The maximum atomic E-state index is 12.0. The van der Waals surface area contributed by atoms with Gasteiger partial charge in [0.2, 0.25) is 0 Å². The second kappa shape index (κ2) is 13.8. The molecule has 0 aliphatic rings. The third-order valence-corrected chi connectivity index (χ3v) is 4.28. The van der Waals surface area contributed by atoms with Crippen molar-refractivity contribution in [1.82, 2.24) is 5.32 Å². The van der Waals surface area contributed by atoms with Crippen LogP contribution in [0.4, 0.5) is 4.79 Å². The molecule has 0 aliphatic carbocycles. The first-order valence-corrected chi connectivity index (χ1v) is 10.0. The van der Waals surface area contributed by atoms with Crippen molar-refractivity contribution < 1.29 is 38.4 Å². The Balaban J connectivity index is 1.79. The van der Waals surface area contributed by atoms with Crippen LogP contribution in [0.2, 0.25) is 0 Å². The number of carboxylic acid groups (broad SMARTS) is 1. The van der Waals surface area contributed by atoms with Crippen molar-refractivity contribution in [2.24, 2.45) is 0 Å². The highest BCUT2D eigenvalue weighted by Crippen LogP contribution is 2.14. The highest BCUT2D eigenvalue weighted by Gasteiger charge is 2.21. The Kier molecular flexibility index (Phi) is 10.7. The van der Waals surface area contributed by atoms with Crippen molar-refractivity contribution in [2.75, 3.05) is 26.9 Å². The molecule has 0 aliphatic heterocycles. The summed E-state index contributed by atoms with van der Waals surface area (Å²) in [6.07, 6.45) is -0.682. The lowest BCUT2D eigenvalue weighted by molar-refractivity contribution is -0.139. The van der Waals surface area contributed by atoms with Crippen LogP contribution in [0.25, 0.3) is 0 Å². The Bertz CT molecular complexity index is 854. The summed E-state index contributed by atoms with van der Waals surface area (Å²) in [6.45, 7) is 1.12. The molecule has 9 heteroatoms. The van der Waals surface area contributed by atoms with Crippen molar-refractivity contribution in [3.63, 3.8) is 0 Å². The molecule has 32 heavy (non-hydrogen) atoms. The van der Waals surface area contributed by atoms with E-state index in [2.05, 4.69) is 5.32 Å². The number of benzene rings is 2. The molecule has 0 unspecified atom stereocenters. The number of methoxy groups -OCH3 is 1. The number of amides is 1. The molecule has 2 aromatic rings. The third-order valence-electron chi connectivity index (χ3n) is 4.28. The molecule has 172 valence electrons. The molecule has 0 fully saturated rings. The number of ether oxygens (including phenoxy) is 4. The van der Waals surface area contributed by atoms with Crippen molar-refractivity contribution in [1.29, 1.82) is 0 Å². The summed E-state index contributed by atoms with van der Waals surface area (Å²) in [6, 6.07) is 14.3. The zero-order valence-electron chi connectivity index (χ0n) is 17.8. The Morgan fingerprint density at radius 2 is 1.66 bits per heavy atom. The molecule has 2 rings (SSSR count). The van der Waals surface area contributed by atoms with Gasteiger partial charge >= 0.3 is 18.0 Å². The van der Waals surface area contributed by atoms with E-state index >= 15 is 0 Å². The standard InChI is InChI=1S/C23H27NO8/c1-29-13-14-30-12-11-21(25)32-19-9-7-17(8-10-19)15-20(22(26)27)24-23(28)31-16-18-5-3-2-4-6-18/h2-10,20H,11-16H2,1H3,(H,24,28)(H,26,27)/t20-/m0/s1. The Morgan fingerprint density at radius 3 is 2.31 bits per heavy atom. The van der Waals surface area contributed by atoms with Crippen LogP contribution in [0, 0.1) is 0 Å². The average molecular weight is 445 g/mol. The maximum Gasteiger partial charge on any atom is 0.408 e. The molecule has 2 N–H and O–H groups in total. The number of carbonyl (C=O) groups excluding carboxylic acids is 2. The number of esters is 1. The summed E-state index contributed by atoms with van der Waals surface area (Å²) in [5.74, 6) is -1.30. The number of rotatable bonds is 13. The summed E-state index contributed by atoms with van der Waals surface area (Å²) in [5.41, 5.74) is 1.43. The number of carboxylic acids is 1. The van der Waals surface area contributed by atoms with E-state index < -0.39 is 24.1 Å². The number of nitrogens with one attached hydrogen (secondary N) is 1. The van der Waals surface area contributed by atoms with E-state index in [-0.39, 0.29) is 26.1 Å². The van der Waals surface area contributed by atoms with Gasteiger partial charge in [-0.25, -0.2) is 9.59 Å². The highest BCUT2D eigenvalue weighted by atomic mass is 16.6. The van der Waals surface area contributed by atoms with E-state index in [1.54, 1.807) is 43.5 Å². The summed E-state index contributed by atoms with van der Waals surface area (Å²) in [4.78, 5) is 35.3. The van der Waals surface area contributed by atoms with Crippen LogP contribution in [0.1, 0.15) is 17.5 Å². The average Bonchev–Trinajstić information content (AvgIpc) is 2.79. The van der Waals surface area contributed by atoms with Gasteiger partial charge in [-0.15, -0.1) is 0 Å². The predicted octanol–water partition coefficient (Wildman–Crippen LogP) is 2.57. The van der Waals surface area contributed by atoms with Gasteiger partial charge in [0, 0.05) is 13.5 Å². The number of carbonyl (C=O) groups is 3. The van der Waals surface area contributed by atoms with Crippen LogP contribution in [0.5, 0.6) is 5.75 Å². The molecule has 9 nitrogen and oxygen atoms in total. The fraction of sp³-hybridized carbons (Fsp3) is 0.348. The molecular formula is C23H27NO8. The number of alkyl carbamates (subject to hydrolysis) is 1.